The minimum Gasteiger partial charge on any atom is -0.376 e. The molecule has 2 rings (SSSR count). The van der Waals surface area contributed by atoms with Crippen molar-refractivity contribution in [1.29, 1.82) is 0 Å². The number of rotatable bonds is 6. The summed E-state index contributed by atoms with van der Waals surface area (Å²) in [4.78, 5) is 27.2. The lowest BCUT2D eigenvalue weighted by molar-refractivity contribution is -0.119. The van der Waals surface area contributed by atoms with E-state index < -0.39 is 0 Å². The van der Waals surface area contributed by atoms with Crippen molar-refractivity contribution in [2.75, 3.05) is 18.9 Å². The highest BCUT2D eigenvalue weighted by Gasteiger charge is 2.16. The SMILES string of the molecule is CC(C)n1ccc(=O)nc1SCC(=O)NC[C@H]1CCCO1. The number of ether oxygens (including phenoxy) is 1. The van der Waals surface area contributed by atoms with E-state index in [1.165, 1.54) is 17.8 Å². The third-order valence-corrected chi connectivity index (χ3v) is 4.21. The fourth-order valence-electron chi connectivity index (χ4n) is 2.11. The maximum absolute atomic E-state index is 11.8. The molecule has 1 aromatic heterocycles. The minimum absolute atomic E-state index is 0.0658. The van der Waals surface area contributed by atoms with Crippen molar-refractivity contribution in [1.82, 2.24) is 14.9 Å². The Balaban J connectivity index is 1.85. The first-order chi connectivity index (χ1) is 10.1. The molecule has 21 heavy (non-hydrogen) atoms. The van der Waals surface area contributed by atoms with Crippen LogP contribution in [0.1, 0.15) is 32.7 Å². The van der Waals surface area contributed by atoms with Gasteiger partial charge in [0.1, 0.15) is 0 Å². The van der Waals surface area contributed by atoms with Gasteiger partial charge in [-0.15, -0.1) is 0 Å². The Morgan fingerprint density at radius 2 is 2.43 bits per heavy atom. The summed E-state index contributed by atoms with van der Waals surface area (Å²) < 4.78 is 7.34. The molecule has 0 unspecified atom stereocenters. The summed E-state index contributed by atoms with van der Waals surface area (Å²) in [6, 6.07) is 1.62. The molecule has 1 N–H and O–H groups in total. The van der Waals surface area contributed by atoms with Gasteiger partial charge in [-0.3, -0.25) is 9.59 Å². The molecule has 7 heteroatoms. The van der Waals surface area contributed by atoms with Crippen LogP contribution in [-0.2, 0) is 9.53 Å². The van der Waals surface area contributed by atoms with Crippen molar-refractivity contribution in [3.8, 4) is 0 Å². The molecule has 1 aromatic rings. The number of hydrogen-bond acceptors (Lipinski definition) is 5. The molecule has 0 radical (unpaired) electrons. The molecule has 1 saturated heterocycles. The molecule has 0 aliphatic carbocycles. The Bertz CT molecular complexity index is 539. The third-order valence-electron chi connectivity index (χ3n) is 3.24. The van der Waals surface area contributed by atoms with E-state index in [1.54, 1.807) is 6.20 Å². The van der Waals surface area contributed by atoms with E-state index in [9.17, 15) is 9.59 Å². The average Bonchev–Trinajstić information content (AvgIpc) is 2.96. The number of aromatic nitrogens is 2. The molecule has 0 saturated carbocycles. The van der Waals surface area contributed by atoms with Gasteiger partial charge in [0.25, 0.3) is 5.56 Å². The van der Waals surface area contributed by atoms with Crippen LogP contribution in [0.25, 0.3) is 0 Å². The maximum Gasteiger partial charge on any atom is 0.273 e. The predicted octanol–water partition coefficient (Wildman–Crippen LogP) is 1.21. The third kappa shape index (κ3) is 4.86. The van der Waals surface area contributed by atoms with Crippen molar-refractivity contribution in [2.45, 2.75) is 44.0 Å². The largest absolute Gasteiger partial charge is 0.376 e. The van der Waals surface area contributed by atoms with E-state index in [4.69, 9.17) is 4.74 Å². The first-order valence-electron chi connectivity index (χ1n) is 7.16. The van der Waals surface area contributed by atoms with E-state index >= 15 is 0 Å². The monoisotopic (exact) mass is 311 g/mol. The highest BCUT2D eigenvalue weighted by atomic mass is 32.2. The van der Waals surface area contributed by atoms with Gasteiger partial charge in [-0.25, -0.2) is 0 Å². The lowest BCUT2D eigenvalue weighted by atomic mass is 10.2. The molecule has 0 spiro atoms. The maximum atomic E-state index is 11.8. The van der Waals surface area contributed by atoms with Crippen molar-refractivity contribution < 1.29 is 9.53 Å². The number of thioether (sulfide) groups is 1. The van der Waals surface area contributed by atoms with Gasteiger partial charge in [0.05, 0.1) is 11.9 Å². The second-order valence-electron chi connectivity index (χ2n) is 5.28. The predicted molar refractivity (Wildman–Crippen MR) is 81.6 cm³/mol. The van der Waals surface area contributed by atoms with Crippen LogP contribution in [0.4, 0.5) is 0 Å². The summed E-state index contributed by atoms with van der Waals surface area (Å²) in [5.74, 6) is 0.180. The normalized spacial score (nSPS) is 18.1. The first kappa shape index (κ1) is 16.0. The number of nitrogens with zero attached hydrogens (tertiary/aromatic N) is 2. The molecule has 6 nitrogen and oxygen atoms in total. The summed E-state index contributed by atoms with van der Waals surface area (Å²) in [5, 5.41) is 3.43. The van der Waals surface area contributed by atoms with Crippen LogP contribution in [0, 0.1) is 0 Å². The Hall–Kier alpha value is -1.34. The van der Waals surface area contributed by atoms with Crippen LogP contribution in [0.2, 0.25) is 0 Å². The van der Waals surface area contributed by atoms with Crippen molar-refractivity contribution in [2.24, 2.45) is 0 Å². The summed E-state index contributed by atoms with van der Waals surface area (Å²) in [6.45, 7) is 5.35. The Labute approximate surface area is 128 Å². The topological polar surface area (TPSA) is 73.2 Å². The van der Waals surface area contributed by atoms with Crippen LogP contribution in [0.3, 0.4) is 0 Å². The van der Waals surface area contributed by atoms with E-state index in [-0.39, 0.29) is 29.4 Å². The molecule has 116 valence electrons. The Morgan fingerprint density at radius 3 is 3.10 bits per heavy atom. The molecule has 1 aliphatic rings. The zero-order valence-electron chi connectivity index (χ0n) is 12.4. The minimum atomic E-state index is -0.283. The number of amides is 1. The fourth-order valence-corrected chi connectivity index (χ4v) is 3.05. The average molecular weight is 311 g/mol. The Kier molecular flexibility index (Phi) is 5.81. The lowest BCUT2D eigenvalue weighted by Gasteiger charge is -2.15. The highest BCUT2D eigenvalue weighted by Crippen LogP contribution is 2.17. The zero-order chi connectivity index (χ0) is 15.2. The number of nitrogens with one attached hydrogen (secondary N) is 1. The van der Waals surface area contributed by atoms with E-state index in [1.807, 2.05) is 18.4 Å². The summed E-state index contributed by atoms with van der Waals surface area (Å²) >= 11 is 1.28. The van der Waals surface area contributed by atoms with Gasteiger partial charge in [0.15, 0.2) is 5.16 Å². The van der Waals surface area contributed by atoms with Gasteiger partial charge in [-0.05, 0) is 26.7 Å². The zero-order valence-corrected chi connectivity index (χ0v) is 13.2. The van der Waals surface area contributed by atoms with Gasteiger partial charge < -0.3 is 14.6 Å². The molecule has 1 atom stereocenters. The highest BCUT2D eigenvalue weighted by molar-refractivity contribution is 7.99. The van der Waals surface area contributed by atoms with Crippen LogP contribution in [0.15, 0.2) is 22.2 Å². The van der Waals surface area contributed by atoms with Crippen molar-refractivity contribution in [3.63, 3.8) is 0 Å². The number of carbonyl (C=O) groups is 1. The molecule has 0 aromatic carbocycles. The molecule has 1 fully saturated rings. The van der Waals surface area contributed by atoms with Gasteiger partial charge >= 0.3 is 0 Å². The van der Waals surface area contributed by atoms with Crippen molar-refractivity contribution in [3.05, 3.63) is 22.6 Å². The lowest BCUT2D eigenvalue weighted by Crippen LogP contribution is -2.33. The van der Waals surface area contributed by atoms with Crippen LogP contribution >= 0.6 is 11.8 Å². The number of carbonyl (C=O) groups excluding carboxylic acids is 1. The second kappa shape index (κ2) is 7.61. The second-order valence-corrected chi connectivity index (χ2v) is 6.22. The van der Waals surface area contributed by atoms with Gasteiger partial charge in [-0.1, -0.05) is 11.8 Å². The fraction of sp³-hybridized carbons (Fsp3) is 0.643. The summed E-state index contributed by atoms with van der Waals surface area (Å²) in [6.07, 6.45) is 3.92. The molecule has 1 amide bonds. The molecule has 1 aliphatic heterocycles. The van der Waals surface area contributed by atoms with Gasteiger partial charge in [0, 0.05) is 31.5 Å². The smallest absolute Gasteiger partial charge is 0.273 e. The molecule has 2 heterocycles. The number of hydrogen-bond donors (Lipinski definition) is 1. The van der Waals surface area contributed by atoms with Crippen LogP contribution in [-0.4, -0.2) is 40.5 Å². The Morgan fingerprint density at radius 1 is 1.62 bits per heavy atom. The van der Waals surface area contributed by atoms with Crippen LogP contribution in [0.5, 0.6) is 0 Å². The standard InChI is InChI=1S/C14H21N3O3S/c1-10(2)17-6-5-12(18)16-14(17)21-9-13(19)15-8-11-4-3-7-20-11/h5-6,10-11H,3-4,7-9H2,1-2H3,(H,15,19)/t11-/m1/s1. The van der Waals surface area contributed by atoms with Gasteiger partial charge in [-0.2, -0.15) is 4.98 Å². The van der Waals surface area contributed by atoms with Crippen LogP contribution < -0.4 is 10.9 Å². The summed E-state index contributed by atoms with van der Waals surface area (Å²) in [5.41, 5.74) is -0.283. The van der Waals surface area contributed by atoms with Crippen molar-refractivity contribution >= 4 is 17.7 Å². The molecular formula is C14H21N3O3S. The summed E-state index contributed by atoms with van der Waals surface area (Å²) in [7, 11) is 0. The van der Waals surface area contributed by atoms with Gasteiger partial charge in [0.2, 0.25) is 5.91 Å². The van der Waals surface area contributed by atoms with E-state index in [2.05, 4.69) is 10.3 Å². The quantitative estimate of drug-likeness (QED) is 0.631. The molecular weight excluding hydrogens is 290 g/mol. The first-order valence-corrected chi connectivity index (χ1v) is 8.15. The molecule has 0 bridgehead atoms. The van der Waals surface area contributed by atoms with E-state index in [0.29, 0.717) is 11.7 Å². The van der Waals surface area contributed by atoms with E-state index in [0.717, 1.165) is 19.4 Å².